The van der Waals surface area contributed by atoms with Crippen molar-refractivity contribution in [2.75, 3.05) is 11.1 Å². The number of rotatable bonds is 2. The third kappa shape index (κ3) is 2.28. The Kier molecular flexibility index (Phi) is 3.20. The first-order chi connectivity index (χ1) is 8.61. The van der Waals surface area contributed by atoms with E-state index in [-0.39, 0.29) is 0 Å². The van der Waals surface area contributed by atoms with Crippen LogP contribution in [0.25, 0.3) is 0 Å². The Hall–Kier alpha value is -2.47. The molecule has 2 aromatic rings. The maximum absolute atomic E-state index is 8.92. The Morgan fingerprint density at radius 1 is 1.06 bits per heavy atom. The van der Waals surface area contributed by atoms with Gasteiger partial charge < -0.3 is 11.1 Å². The summed E-state index contributed by atoms with van der Waals surface area (Å²) in [5.74, 6) is 0. The highest BCUT2D eigenvalue weighted by Gasteiger charge is 2.04. The molecule has 90 valence electrons. The smallest absolute Gasteiger partial charge is 0.0992 e. The summed E-state index contributed by atoms with van der Waals surface area (Å²) in [6.45, 7) is 3.97. The van der Waals surface area contributed by atoms with Crippen LogP contribution in [0.2, 0.25) is 0 Å². The SMILES string of the molecule is Cc1ccc(C#N)cc1Nc1cccc(C)c1N. The predicted molar refractivity (Wildman–Crippen MR) is 74.8 cm³/mol. The monoisotopic (exact) mass is 237 g/mol. The fourth-order valence-electron chi connectivity index (χ4n) is 1.76. The maximum Gasteiger partial charge on any atom is 0.0992 e. The molecule has 0 aliphatic heterocycles. The minimum Gasteiger partial charge on any atom is -0.397 e. The molecule has 2 aromatic carbocycles. The van der Waals surface area contributed by atoms with E-state index in [9.17, 15) is 0 Å². The van der Waals surface area contributed by atoms with Crippen molar-refractivity contribution in [3.05, 3.63) is 53.1 Å². The second-order valence-corrected chi connectivity index (χ2v) is 4.30. The van der Waals surface area contributed by atoms with Crippen LogP contribution in [0.1, 0.15) is 16.7 Å². The average Bonchev–Trinajstić information content (AvgIpc) is 2.37. The molecule has 0 amide bonds. The van der Waals surface area contributed by atoms with Gasteiger partial charge in [-0.25, -0.2) is 0 Å². The number of hydrogen-bond acceptors (Lipinski definition) is 3. The van der Waals surface area contributed by atoms with E-state index in [1.54, 1.807) is 6.07 Å². The minimum absolute atomic E-state index is 0.634. The second-order valence-electron chi connectivity index (χ2n) is 4.30. The quantitative estimate of drug-likeness (QED) is 0.786. The third-order valence-corrected chi connectivity index (χ3v) is 2.96. The number of hydrogen-bond donors (Lipinski definition) is 2. The minimum atomic E-state index is 0.634. The molecular weight excluding hydrogens is 222 g/mol. The highest BCUT2D eigenvalue weighted by molar-refractivity contribution is 5.76. The Balaban J connectivity index is 2.40. The number of anilines is 3. The Bertz CT molecular complexity index is 624. The summed E-state index contributed by atoms with van der Waals surface area (Å²) in [6, 6.07) is 13.6. The van der Waals surface area contributed by atoms with Crippen molar-refractivity contribution < 1.29 is 0 Å². The largest absolute Gasteiger partial charge is 0.397 e. The summed E-state index contributed by atoms with van der Waals surface area (Å²) in [7, 11) is 0. The van der Waals surface area contributed by atoms with Gasteiger partial charge in [0.2, 0.25) is 0 Å². The molecular formula is C15H15N3. The lowest BCUT2D eigenvalue weighted by Gasteiger charge is -2.13. The Labute approximate surface area is 107 Å². The van der Waals surface area contributed by atoms with Gasteiger partial charge in [-0.2, -0.15) is 5.26 Å². The molecule has 0 bridgehead atoms. The molecule has 0 radical (unpaired) electrons. The average molecular weight is 237 g/mol. The topological polar surface area (TPSA) is 61.8 Å². The van der Waals surface area contributed by atoms with Crippen LogP contribution in [-0.4, -0.2) is 0 Å². The third-order valence-electron chi connectivity index (χ3n) is 2.96. The van der Waals surface area contributed by atoms with Crippen LogP contribution in [-0.2, 0) is 0 Å². The van der Waals surface area contributed by atoms with Gasteiger partial charge in [0.1, 0.15) is 0 Å². The van der Waals surface area contributed by atoms with Gasteiger partial charge in [-0.15, -0.1) is 0 Å². The summed E-state index contributed by atoms with van der Waals surface area (Å²) in [6.07, 6.45) is 0. The Morgan fingerprint density at radius 2 is 1.83 bits per heavy atom. The van der Waals surface area contributed by atoms with Crippen molar-refractivity contribution in [3.63, 3.8) is 0 Å². The molecule has 0 aromatic heterocycles. The molecule has 0 fully saturated rings. The first kappa shape index (κ1) is 12.0. The van der Waals surface area contributed by atoms with Crippen molar-refractivity contribution in [2.24, 2.45) is 0 Å². The number of aryl methyl sites for hydroxylation is 2. The van der Waals surface area contributed by atoms with E-state index in [2.05, 4.69) is 11.4 Å². The zero-order valence-corrected chi connectivity index (χ0v) is 10.5. The van der Waals surface area contributed by atoms with Crippen LogP contribution in [0, 0.1) is 25.2 Å². The predicted octanol–water partition coefficient (Wildman–Crippen LogP) is 3.50. The molecule has 0 spiro atoms. The molecule has 0 aliphatic rings. The van der Waals surface area contributed by atoms with Crippen LogP contribution in [0.5, 0.6) is 0 Å². The number of nitrogens with zero attached hydrogens (tertiary/aromatic N) is 1. The molecule has 3 N–H and O–H groups in total. The van der Waals surface area contributed by atoms with Gasteiger partial charge in [-0.05, 0) is 43.2 Å². The van der Waals surface area contributed by atoms with Crippen molar-refractivity contribution in [3.8, 4) is 6.07 Å². The second kappa shape index (κ2) is 4.80. The van der Waals surface area contributed by atoms with Gasteiger partial charge in [-0.1, -0.05) is 18.2 Å². The number of benzene rings is 2. The molecule has 3 heteroatoms. The molecule has 2 rings (SSSR count). The van der Waals surface area contributed by atoms with Crippen molar-refractivity contribution in [1.82, 2.24) is 0 Å². The van der Waals surface area contributed by atoms with Gasteiger partial charge in [-0.3, -0.25) is 0 Å². The summed E-state index contributed by atoms with van der Waals surface area (Å²) in [5.41, 5.74) is 11.3. The molecule has 3 nitrogen and oxygen atoms in total. The fraction of sp³-hybridized carbons (Fsp3) is 0.133. The van der Waals surface area contributed by atoms with Crippen LogP contribution >= 0.6 is 0 Å². The summed E-state index contributed by atoms with van der Waals surface area (Å²) in [4.78, 5) is 0. The standard InChI is InChI=1S/C15H15N3/c1-10-6-7-12(9-16)8-14(10)18-13-5-3-4-11(2)15(13)17/h3-8,18H,17H2,1-2H3. The highest BCUT2D eigenvalue weighted by Crippen LogP contribution is 2.27. The van der Waals surface area contributed by atoms with E-state index in [1.807, 2.05) is 44.2 Å². The number of nitrogens with two attached hydrogens (primary N) is 1. The van der Waals surface area contributed by atoms with Gasteiger partial charge in [0, 0.05) is 5.69 Å². The van der Waals surface area contributed by atoms with Gasteiger partial charge in [0.05, 0.1) is 23.0 Å². The van der Waals surface area contributed by atoms with E-state index in [0.29, 0.717) is 5.56 Å². The molecule has 0 saturated heterocycles. The normalized spacial score (nSPS) is 9.83. The van der Waals surface area contributed by atoms with Crippen LogP contribution < -0.4 is 11.1 Å². The molecule has 0 saturated carbocycles. The van der Waals surface area contributed by atoms with E-state index in [1.165, 1.54) is 0 Å². The fourth-order valence-corrected chi connectivity index (χ4v) is 1.76. The maximum atomic E-state index is 8.92. The number of para-hydroxylation sites is 1. The van der Waals surface area contributed by atoms with E-state index < -0.39 is 0 Å². The highest BCUT2D eigenvalue weighted by atomic mass is 14.9. The molecule has 18 heavy (non-hydrogen) atoms. The molecule has 0 heterocycles. The van der Waals surface area contributed by atoms with E-state index >= 15 is 0 Å². The zero-order valence-electron chi connectivity index (χ0n) is 10.5. The molecule has 0 unspecified atom stereocenters. The van der Waals surface area contributed by atoms with Crippen molar-refractivity contribution >= 4 is 17.1 Å². The number of nitrogens with one attached hydrogen (secondary N) is 1. The first-order valence-electron chi connectivity index (χ1n) is 5.74. The number of nitrogen functional groups attached to an aromatic ring is 1. The summed E-state index contributed by atoms with van der Waals surface area (Å²) < 4.78 is 0. The van der Waals surface area contributed by atoms with Gasteiger partial charge in [0.25, 0.3) is 0 Å². The van der Waals surface area contributed by atoms with E-state index in [0.717, 1.165) is 28.2 Å². The first-order valence-corrected chi connectivity index (χ1v) is 5.74. The molecule has 0 aliphatic carbocycles. The Morgan fingerprint density at radius 3 is 2.56 bits per heavy atom. The van der Waals surface area contributed by atoms with Crippen molar-refractivity contribution in [2.45, 2.75) is 13.8 Å². The zero-order chi connectivity index (χ0) is 13.1. The summed E-state index contributed by atoms with van der Waals surface area (Å²) in [5, 5.41) is 12.2. The molecule has 0 atom stereocenters. The van der Waals surface area contributed by atoms with Crippen LogP contribution in [0.15, 0.2) is 36.4 Å². The lowest BCUT2D eigenvalue weighted by molar-refractivity contribution is 1.39. The van der Waals surface area contributed by atoms with E-state index in [4.69, 9.17) is 11.0 Å². The summed E-state index contributed by atoms with van der Waals surface area (Å²) >= 11 is 0. The van der Waals surface area contributed by atoms with Crippen LogP contribution in [0.3, 0.4) is 0 Å². The van der Waals surface area contributed by atoms with Gasteiger partial charge in [0.15, 0.2) is 0 Å². The van der Waals surface area contributed by atoms with Crippen molar-refractivity contribution in [1.29, 1.82) is 5.26 Å². The van der Waals surface area contributed by atoms with Crippen LogP contribution in [0.4, 0.5) is 17.1 Å². The lowest BCUT2D eigenvalue weighted by Crippen LogP contribution is -1.99. The number of nitriles is 1. The van der Waals surface area contributed by atoms with Gasteiger partial charge >= 0.3 is 0 Å². The lowest BCUT2D eigenvalue weighted by atomic mass is 10.1.